The van der Waals surface area contributed by atoms with E-state index in [2.05, 4.69) is 0 Å². The van der Waals surface area contributed by atoms with Gasteiger partial charge in [0.15, 0.2) is 11.5 Å². The summed E-state index contributed by atoms with van der Waals surface area (Å²) in [6.45, 7) is -0.707. The molecule has 0 radical (unpaired) electrons. The Bertz CT molecular complexity index is 1180. The van der Waals surface area contributed by atoms with Crippen LogP contribution in [0.3, 0.4) is 0 Å². The molecule has 0 bridgehead atoms. The molecule has 0 spiro atoms. The van der Waals surface area contributed by atoms with Gasteiger partial charge in [-0.2, -0.15) is 0 Å². The van der Waals surface area contributed by atoms with Gasteiger partial charge in [0.1, 0.15) is 53.0 Å². The van der Waals surface area contributed by atoms with Crippen molar-refractivity contribution in [2.75, 3.05) is 6.61 Å². The van der Waals surface area contributed by atoms with E-state index in [1.165, 1.54) is 24.3 Å². The van der Waals surface area contributed by atoms with E-state index < -0.39 is 59.8 Å². The Balaban J connectivity index is 2.02. The van der Waals surface area contributed by atoms with E-state index in [4.69, 9.17) is 9.15 Å². The van der Waals surface area contributed by atoms with E-state index in [9.17, 15) is 40.5 Å². The summed E-state index contributed by atoms with van der Waals surface area (Å²) >= 11 is 0. The number of benzene rings is 2. The van der Waals surface area contributed by atoms with E-state index in [-0.39, 0.29) is 27.9 Å². The first-order valence-electron chi connectivity index (χ1n) is 9.36. The molecule has 10 nitrogen and oxygen atoms in total. The Labute approximate surface area is 174 Å². The minimum absolute atomic E-state index is 0.000838. The number of aliphatic hydroxyl groups excluding tert-OH is 4. The summed E-state index contributed by atoms with van der Waals surface area (Å²) in [5, 5.41) is 69.8. The van der Waals surface area contributed by atoms with Crippen LogP contribution >= 0.6 is 0 Å². The summed E-state index contributed by atoms with van der Waals surface area (Å²) in [6.07, 6.45) is -8.02. The molecule has 1 aromatic heterocycles. The van der Waals surface area contributed by atoms with Crippen molar-refractivity contribution in [1.82, 2.24) is 0 Å². The zero-order valence-electron chi connectivity index (χ0n) is 15.9. The van der Waals surface area contributed by atoms with Gasteiger partial charge in [0.2, 0.25) is 5.43 Å². The summed E-state index contributed by atoms with van der Waals surface area (Å²) < 4.78 is 11.4. The van der Waals surface area contributed by atoms with Gasteiger partial charge in [0, 0.05) is 5.56 Å². The highest BCUT2D eigenvalue weighted by Gasteiger charge is 2.46. The third-order valence-corrected chi connectivity index (χ3v) is 5.35. The van der Waals surface area contributed by atoms with Crippen LogP contribution in [0.25, 0.3) is 22.3 Å². The Morgan fingerprint density at radius 2 is 1.61 bits per heavy atom. The van der Waals surface area contributed by atoms with Crippen LogP contribution in [0, 0.1) is 0 Å². The average Bonchev–Trinajstić information content (AvgIpc) is 2.75. The normalized spacial score (nSPS) is 26.3. The van der Waals surface area contributed by atoms with Gasteiger partial charge in [-0.1, -0.05) is 6.07 Å². The van der Waals surface area contributed by atoms with E-state index in [1.54, 1.807) is 0 Å². The molecule has 5 atom stereocenters. The second-order valence-electron chi connectivity index (χ2n) is 7.28. The minimum atomic E-state index is -1.78. The molecule has 3 aromatic rings. The fraction of sp³-hybridized carbons (Fsp3) is 0.286. The summed E-state index contributed by atoms with van der Waals surface area (Å²) in [7, 11) is 0. The molecule has 1 fully saturated rings. The van der Waals surface area contributed by atoms with Crippen molar-refractivity contribution in [3.8, 4) is 28.6 Å². The Morgan fingerprint density at radius 1 is 0.871 bits per heavy atom. The van der Waals surface area contributed by atoms with Crippen LogP contribution in [0.1, 0.15) is 11.7 Å². The first-order valence-corrected chi connectivity index (χ1v) is 9.36. The molecule has 1 aliphatic rings. The predicted octanol–water partition coefficient (Wildman–Crippen LogP) is 0.0917. The summed E-state index contributed by atoms with van der Waals surface area (Å²) in [4.78, 5) is 13.4. The Hall–Kier alpha value is -3.15. The van der Waals surface area contributed by atoms with Crippen LogP contribution in [-0.4, -0.2) is 66.8 Å². The maximum atomic E-state index is 13.4. The number of aliphatic hydroxyl groups is 4. The standard InChI is InChI=1S/C21H20O10/c22-7-13-16(26)18(28)19(29)21(31-13)15-17(27)14-10(24)2-1-3-12(14)30-20(15)8-4-5-9(23)11(25)6-8/h1-6,13,16,18-19,21-26,28-29H,7H2. The molecule has 2 aromatic carbocycles. The fourth-order valence-corrected chi connectivity index (χ4v) is 3.71. The lowest BCUT2D eigenvalue weighted by molar-refractivity contribution is -0.232. The molecular weight excluding hydrogens is 412 g/mol. The topological polar surface area (TPSA) is 181 Å². The van der Waals surface area contributed by atoms with Crippen LogP contribution in [0.2, 0.25) is 0 Å². The van der Waals surface area contributed by atoms with Crippen LogP contribution < -0.4 is 5.43 Å². The van der Waals surface area contributed by atoms with Gasteiger partial charge in [-0.3, -0.25) is 4.79 Å². The van der Waals surface area contributed by atoms with E-state index in [0.717, 1.165) is 12.1 Å². The second-order valence-corrected chi connectivity index (χ2v) is 7.28. The average molecular weight is 432 g/mol. The molecule has 31 heavy (non-hydrogen) atoms. The number of fused-ring (bicyclic) bond motifs is 1. The number of ether oxygens (including phenoxy) is 1. The molecule has 7 N–H and O–H groups in total. The van der Waals surface area contributed by atoms with Crippen molar-refractivity contribution >= 4 is 11.0 Å². The van der Waals surface area contributed by atoms with Crippen molar-refractivity contribution in [2.45, 2.75) is 30.5 Å². The molecule has 1 aliphatic heterocycles. The number of phenolic OH excluding ortho intramolecular Hbond substituents is 3. The lowest BCUT2D eigenvalue weighted by Gasteiger charge is -2.40. The molecule has 10 heteroatoms. The third kappa shape index (κ3) is 3.40. The second kappa shape index (κ2) is 7.84. The molecule has 4 rings (SSSR count). The highest BCUT2D eigenvalue weighted by molar-refractivity contribution is 5.86. The van der Waals surface area contributed by atoms with Gasteiger partial charge >= 0.3 is 0 Å². The van der Waals surface area contributed by atoms with Crippen molar-refractivity contribution in [1.29, 1.82) is 0 Å². The minimum Gasteiger partial charge on any atom is -0.507 e. The van der Waals surface area contributed by atoms with Gasteiger partial charge in [-0.25, -0.2) is 0 Å². The summed E-state index contributed by atoms with van der Waals surface area (Å²) in [5.41, 5.74) is -0.965. The number of hydrogen-bond acceptors (Lipinski definition) is 10. The van der Waals surface area contributed by atoms with Crippen molar-refractivity contribution < 1.29 is 44.9 Å². The quantitative estimate of drug-likeness (QED) is 0.280. The van der Waals surface area contributed by atoms with E-state index in [0.29, 0.717) is 0 Å². The van der Waals surface area contributed by atoms with Gasteiger partial charge in [0.05, 0.1) is 12.2 Å². The Morgan fingerprint density at radius 3 is 2.29 bits per heavy atom. The molecule has 0 saturated carbocycles. The largest absolute Gasteiger partial charge is 0.507 e. The van der Waals surface area contributed by atoms with Crippen LogP contribution in [-0.2, 0) is 4.74 Å². The van der Waals surface area contributed by atoms with Crippen molar-refractivity contribution in [3.05, 3.63) is 52.2 Å². The molecule has 5 unspecified atom stereocenters. The number of hydrogen-bond donors (Lipinski definition) is 7. The molecule has 2 heterocycles. The van der Waals surface area contributed by atoms with Gasteiger partial charge in [-0.05, 0) is 30.3 Å². The van der Waals surface area contributed by atoms with Gasteiger partial charge in [-0.15, -0.1) is 0 Å². The van der Waals surface area contributed by atoms with Crippen LogP contribution in [0.5, 0.6) is 17.2 Å². The first-order chi connectivity index (χ1) is 14.7. The lowest BCUT2D eigenvalue weighted by Crippen LogP contribution is -2.55. The van der Waals surface area contributed by atoms with E-state index >= 15 is 0 Å². The number of aromatic hydroxyl groups is 3. The van der Waals surface area contributed by atoms with E-state index in [1.807, 2.05) is 0 Å². The SMILES string of the molecule is O=c1c(C2OC(CO)C(O)C(O)C2O)c(-c2ccc(O)c(O)c2)oc2cccc(O)c12. The molecule has 0 aliphatic carbocycles. The van der Waals surface area contributed by atoms with Gasteiger partial charge in [0.25, 0.3) is 0 Å². The smallest absolute Gasteiger partial charge is 0.203 e. The maximum Gasteiger partial charge on any atom is 0.203 e. The number of rotatable bonds is 3. The first kappa shape index (κ1) is 21.1. The zero-order valence-corrected chi connectivity index (χ0v) is 15.9. The lowest BCUT2D eigenvalue weighted by atomic mass is 9.89. The molecule has 164 valence electrons. The van der Waals surface area contributed by atoms with Crippen molar-refractivity contribution in [3.63, 3.8) is 0 Å². The van der Waals surface area contributed by atoms with Crippen LogP contribution in [0.15, 0.2) is 45.6 Å². The summed E-state index contributed by atoms with van der Waals surface area (Å²) in [5.74, 6) is -1.48. The molecular formula is C21H20O10. The zero-order chi connectivity index (χ0) is 22.4. The number of phenols is 3. The summed E-state index contributed by atoms with van der Waals surface area (Å²) in [6, 6.07) is 7.77. The predicted molar refractivity (Wildman–Crippen MR) is 106 cm³/mol. The van der Waals surface area contributed by atoms with Crippen LogP contribution in [0.4, 0.5) is 0 Å². The fourth-order valence-electron chi connectivity index (χ4n) is 3.71. The molecule has 0 amide bonds. The highest BCUT2D eigenvalue weighted by atomic mass is 16.5. The Kier molecular flexibility index (Phi) is 5.33. The third-order valence-electron chi connectivity index (χ3n) is 5.35. The monoisotopic (exact) mass is 432 g/mol. The molecule has 1 saturated heterocycles. The highest BCUT2D eigenvalue weighted by Crippen LogP contribution is 2.40. The maximum absolute atomic E-state index is 13.4. The van der Waals surface area contributed by atoms with Gasteiger partial charge < -0.3 is 44.9 Å². The van der Waals surface area contributed by atoms with Crippen molar-refractivity contribution in [2.24, 2.45) is 0 Å².